The third-order valence-electron chi connectivity index (χ3n) is 6.12. The van der Waals surface area contributed by atoms with Crippen molar-refractivity contribution in [1.29, 1.82) is 0 Å². The molecule has 1 aromatic carbocycles. The Kier molecular flexibility index (Phi) is 5.31. The maximum Gasteiger partial charge on any atom is 0.255 e. The molecule has 2 aliphatic rings. The lowest BCUT2D eigenvalue weighted by molar-refractivity contribution is -0.131. The molecule has 0 radical (unpaired) electrons. The van der Waals surface area contributed by atoms with Gasteiger partial charge in [0.1, 0.15) is 5.82 Å². The van der Waals surface area contributed by atoms with Crippen molar-refractivity contribution in [3.63, 3.8) is 0 Å². The second-order valence-electron chi connectivity index (χ2n) is 8.12. The number of carbonyl (C=O) groups excluding carboxylic acids is 1. The van der Waals surface area contributed by atoms with E-state index in [-0.39, 0.29) is 17.4 Å². The molecule has 6 nitrogen and oxygen atoms in total. The van der Waals surface area contributed by atoms with Crippen LogP contribution in [0.4, 0.5) is 0 Å². The first-order chi connectivity index (χ1) is 13.5. The summed E-state index contributed by atoms with van der Waals surface area (Å²) in [5.74, 6) is 1.21. The van der Waals surface area contributed by atoms with E-state index in [1.165, 1.54) is 0 Å². The Bertz CT molecular complexity index is 928. The quantitative estimate of drug-likeness (QED) is 0.884. The number of carbonyl (C=O) groups is 1. The number of piperidine rings is 1. The first-order valence-electron chi connectivity index (χ1n) is 10.1. The topological polar surface area (TPSA) is 69.3 Å². The monoisotopic (exact) mass is 380 g/mol. The van der Waals surface area contributed by atoms with Crippen LogP contribution in [0.3, 0.4) is 0 Å². The third kappa shape index (κ3) is 3.87. The zero-order chi connectivity index (χ0) is 19.7. The maximum absolute atomic E-state index is 12.7. The lowest BCUT2D eigenvalue weighted by Gasteiger charge is -2.32. The smallest absolute Gasteiger partial charge is 0.255 e. The molecule has 6 heteroatoms. The maximum atomic E-state index is 12.7. The number of benzene rings is 1. The molecule has 2 aromatic rings. The third-order valence-corrected chi connectivity index (χ3v) is 6.12. The largest absolute Gasteiger partial charge is 0.342 e. The molecule has 1 N–H and O–H groups in total. The summed E-state index contributed by atoms with van der Waals surface area (Å²) in [6.07, 6.45) is 2.98. The number of amides is 1. The van der Waals surface area contributed by atoms with Crippen molar-refractivity contribution < 1.29 is 4.79 Å². The number of nitrogens with one attached hydrogen (secondary N) is 1. The average Bonchev–Trinajstić information content (AvgIpc) is 2.70. The molecule has 0 spiro atoms. The summed E-state index contributed by atoms with van der Waals surface area (Å²) >= 11 is 0. The minimum absolute atomic E-state index is 0.00427. The summed E-state index contributed by atoms with van der Waals surface area (Å²) < 4.78 is 0. The normalized spacial score (nSPS) is 18.1. The van der Waals surface area contributed by atoms with Gasteiger partial charge in [0.15, 0.2) is 0 Å². The van der Waals surface area contributed by atoms with E-state index in [0.717, 1.165) is 67.1 Å². The van der Waals surface area contributed by atoms with E-state index in [1.807, 2.05) is 43.1 Å². The Balaban J connectivity index is 1.40. The van der Waals surface area contributed by atoms with Crippen LogP contribution in [0.5, 0.6) is 0 Å². The highest BCUT2D eigenvalue weighted by Gasteiger charge is 2.27. The van der Waals surface area contributed by atoms with Gasteiger partial charge in [-0.25, -0.2) is 4.98 Å². The fourth-order valence-electron chi connectivity index (χ4n) is 4.26. The van der Waals surface area contributed by atoms with Crippen molar-refractivity contribution >= 4 is 5.91 Å². The van der Waals surface area contributed by atoms with E-state index in [4.69, 9.17) is 4.98 Å². The molecule has 1 saturated heterocycles. The number of fused-ring (bicyclic) bond motifs is 1. The predicted molar refractivity (Wildman–Crippen MR) is 108 cm³/mol. The van der Waals surface area contributed by atoms with Crippen LogP contribution in [0.25, 0.3) is 0 Å². The molecule has 148 valence electrons. The van der Waals surface area contributed by atoms with E-state index in [9.17, 15) is 9.59 Å². The Morgan fingerprint density at radius 3 is 2.71 bits per heavy atom. The van der Waals surface area contributed by atoms with Crippen molar-refractivity contribution in [3.05, 3.63) is 62.8 Å². The van der Waals surface area contributed by atoms with Gasteiger partial charge in [-0.2, -0.15) is 0 Å². The van der Waals surface area contributed by atoms with Crippen LogP contribution >= 0.6 is 0 Å². The van der Waals surface area contributed by atoms with Gasteiger partial charge in [0.05, 0.1) is 17.7 Å². The zero-order valence-corrected chi connectivity index (χ0v) is 16.7. The minimum atomic E-state index is 0.00427. The Hall–Kier alpha value is -2.47. The van der Waals surface area contributed by atoms with Crippen LogP contribution in [0, 0.1) is 6.92 Å². The summed E-state index contributed by atoms with van der Waals surface area (Å²) in [4.78, 5) is 37.1. The van der Waals surface area contributed by atoms with Crippen LogP contribution in [0.15, 0.2) is 29.1 Å². The van der Waals surface area contributed by atoms with E-state index in [2.05, 4.69) is 9.88 Å². The van der Waals surface area contributed by atoms with Gasteiger partial charge in [-0.3, -0.25) is 9.59 Å². The van der Waals surface area contributed by atoms with Crippen LogP contribution < -0.4 is 5.56 Å². The number of likely N-dealkylation sites (N-methyl/N-ethyl adjacent to an activating group) is 1. The van der Waals surface area contributed by atoms with Crippen LogP contribution in [-0.4, -0.2) is 52.4 Å². The molecule has 3 heterocycles. The zero-order valence-electron chi connectivity index (χ0n) is 16.7. The van der Waals surface area contributed by atoms with Gasteiger partial charge < -0.3 is 14.8 Å². The molecule has 2 aliphatic heterocycles. The van der Waals surface area contributed by atoms with Gasteiger partial charge in [-0.05, 0) is 37.9 Å². The van der Waals surface area contributed by atoms with E-state index >= 15 is 0 Å². The molecule has 1 amide bonds. The van der Waals surface area contributed by atoms with Gasteiger partial charge in [0.25, 0.3) is 5.56 Å². The number of aromatic amines is 1. The predicted octanol–water partition coefficient (Wildman–Crippen LogP) is 2.01. The lowest BCUT2D eigenvalue weighted by Crippen LogP contribution is -2.40. The number of hydrogen-bond donors (Lipinski definition) is 1. The van der Waals surface area contributed by atoms with Crippen molar-refractivity contribution in [3.8, 4) is 0 Å². The standard InChI is InChI=1S/C22H28N4O2/c1-15-5-3-4-6-17(15)13-20(27)26-11-7-16(8-12-26)21-23-19-9-10-25(2)14-18(19)22(28)24-21/h3-6,16H,7-14H2,1-2H3,(H,23,24,28). The number of hydrogen-bond acceptors (Lipinski definition) is 4. The SMILES string of the molecule is Cc1ccccc1CC(=O)N1CCC(c2nc3c(c(=O)[nH]2)CN(C)CC3)CC1. The molecular formula is C22H28N4O2. The summed E-state index contributed by atoms with van der Waals surface area (Å²) in [6.45, 7) is 5.10. The van der Waals surface area contributed by atoms with Gasteiger partial charge in [0, 0.05) is 38.5 Å². The summed E-state index contributed by atoms with van der Waals surface area (Å²) in [6, 6.07) is 8.06. The van der Waals surface area contributed by atoms with Crippen molar-refractivity contribution in [1.82, 2.24) is 19.8 Å². The second kappa shape index (κ2) is 7.87. The molecule has 28 heavy (non-hydrogen) atoms. The Morgan fingerprint density at radius 2 is 1.96 bits per heavy atom. The molecule has 0 bridgehead atoms. The highest BCUT2D eigenvalue weighted by molar-refractivity contribution is 5.79. The Morgan fingerprint density at radius 1 is 1.21 bits per heavy atom. The number of likely N-dealkylation sites (tertiary alicyclic amines) is 1. The molecule has 1 fully saturated rings. The van der Waals surface area contributed by atoms with E-state index in [0.29, 0.717) is 13.0 Å². The summed E-state index contributed by atoms with van der Waals surface area (Å²) in [7, 11) is 2.03. The number of aryl methyl sites for hydroxylation is 1. The van der Waals surface area contributed by atoms with Crippen molar-refractivity contribution in [2.45, 2.75) is 45.1 Å². The lowest BCUT2D eigenvalue weighted by atomic mass is 9.94. The average molecular weight is 380 g/mol. The molecule has 1 aromatic heterocycles. The van der Waals surface area contributed by atoms with E-state index in [1.54, 1.807) is 0 Å². The molecule has 4 rings (SSSR count). The highest BCUT2D eigenvalue weighted by atomic mass is 16.2. The van der Waals surface area contributed by atoms with Gasteiger partial charge >= 0.3 is 0 Å². The van der Waals surface area contributed by atoms with Gasteiger partial charge in [0.2, 0.25) is 5.91 Å². The first kappa shape index (κ1) is 18.9. The Labute approximate surface area is 165 Å². The fraction of sp³-hybridized carbons (Fsp3) is 0.500. The van der Waals surface area contributed by atoms with Crippen LogP contribution in [0.2, 0.25) is 0 Å². The highest BCUT2D eigenvalue weighted by Crippen LogP contribution is 2.26. The van der Waals surface area contributed by atoms with Gasteiger partial charge in [-0.1, -0.05) is 24.3 Å². The number of H-pyrrole nitrogens is 1. The molecule has 0 saturated carbocycles. The minimum Gasteiger partial charge on any atom is -0.342 e. The van der Waals surface area contributed by atoms with Crippen molar-refractivity contribution in [2.24, 2.45) is 0 Å². The summed E-state index contributed by atoms with van der Waals surface area (Å²) in [5.41, 5.74) is 4.02. The molecule has 0 atom stereocenters. The summed E-state index contributed by atoms with van der Waals surface area (Å²) in [5, 5.41) is 0. The van der Waals surface area contributed by atoms with Crippen LogP contribution in [-0.2, 0) is 24.2 Å². The number of nitrogens with zero attached hydrogens (tertiary/aromatic N) is 3. The fourth-order valence-corrected chi connectivity index (χ4v) is 4.26. The number of rotatable bonds is 3. The molecular weight excluding hydrogens is 352 g/mol. The first-order valence-corrected chi connectivity index (χ1v) is 10.1. The molecule has 0 aliphatic carbocycles. The van der Waals surface area contributed by atoms with Crippen molar-refractivity contribution in [2.75, 3.05) is 26.7 Å². The van der Waals surface area contributed by atoms with E-state index < -0.39 is 0 Å². The molecule has 0 unspecified atom stereocenters. The second-order valence-corrected chi connectivity index (χ2v) is 8.12. The number of aromatic nitrogens is 2. The van der Waals surface area contributed by atoms with Gasteiger partial charge in [-0.15, -0.1) is 0 Å². The van der Waals surface area contributed by atoms with Crippen LogP contribution in [0.1, 0.15) is 47.0 Å².